The Kier molecular flexibility index (Phi) is 4.44. The summed E-state index contributed by atoms with van der Waals surface area (Å²) in [7, 11) is 4.86. The molecule has 0 aromatic carbocycles. The first-order chi connectivity index (χ1) is 5.72. The first-order valence-electron chi connectivity index (χ1n) is 4.60. The molecule has 0 radical (unpaired) electrons. The second-order valence-electron chi connectivity index (χ2n) is 3.70. The molecule has 1 saturated heterocycles. The van der Waals surface area contributed by atoms with E-state index in [0.717, 1.165) is 12.5 Å². The molecule has 2 N–H and O–H groups in total. The number of nitrogens with zero attached hydrogens (tertiary/aromatic N) is 2. The average Bonchev–Trinajstić information content (AvgIpc) is 2.09. The van der Waals surface area contributed by atoms with Crippen molar-refractivity contribution in [1.82, 2.24) is 9.57 Å². The van der Waals surface area contributed by atoms with E-state index in [0.29, 0.717) is 6.67 Å². The summed E-state index contributed by atoms with van der Waals surface area (Å²) >= 11 is 0. The minimum absolute atomic E-state index is 0.682. The molecule has 0 saturated carbocycles. The number of nitrogens with two attached hydrogens (primary N) is 1. The van der Waals surface area contributed by atoms with Crippen LogP contribution in [0.1, 0.15) is 12.8 Å². The standard InChI is InChI=1S/C8H20N3P/c1-10(7-9)6-8-2-4-11(12)5-3-8/h8H,2-7,9,12H2,1H3. The minimum Gasteiger partial charge on any atom is -0.318 e. The van der Waals surface area contributed by atoms with Gasteiger partial charge in [-0.2, -0.15) is 0 Å². The maximum atomic E-state index is 5.53. The van der Waals surface area contributed by atoms with E-state index < -0.39 is 0 Å². The third-order valence-electron chi connectivity index (χ3n) is 2.53. The van der Waals surface area contributed by atoms with Crippen molar-refractivity contribution in [1.29, 1.82) is 0 Å². The van der Waals surface area contributed by atoms with E-state index in [4.69, 9.17) is 5.73 Å². The van der Waals surface area contributed by atoms with Crippen molar-refractivity contribution in [2.75, 3.05) is 33.4 Å². The number of rotatable bonds is 3. The highest BCUT2D eigenvalue weighted by Crippen LogP contribution is 2.19. The van der Waals surface area contributed by atoms with E-state index in [1.165, 1.54) is 25.9 Å². The summed E-state index contributed by atoms with van der Waals surface area (Å²) in [6.45, 7) is 4.28. The van der Waals surface area contributed by atoms with Gasteiger partial charge in [-0.1, -0.05) is 9.39 Å². The van der Waals surface area contributed by atoms with Crippen LogP contribution in [0, 0.1) is 5.92 Å². The maximum Gasteiger partial charge on any atom is 0.0452 e. The van der Waals surface area contributed by atoms with Crippen LogP contribution in [-0.4, -0.2) is 42.9 Å². The Morgan fingerprint density at radius 1 is 1.50 bits per heavy atom. The molecule has 4 heteroatoms. The van der Waals surface area contributed by atoms with E-state index >= 15 is 0 Å². The fraction of sp³-hybridized carbons (Fsp3) is 1.00. The van der Waals surface area contributed by atoms with Crippen LogP contribution in [-0.2, 0) is 0 Å². The molecule has 3 nitrogen and oxygen atoms in total. The van der Waals surface area contributed by atoms with Crippen molar-refractivity contribution in [2.24, 2.45) is 11.7 Å². The van der Waals surface area contributed by atoms with E-state index in [2.05, 4.69) is 26.0 Å². The third-order valence-corrected chi connectivity index (χ3v) is 3.05. The lowest BCUT2D eigenvalue weighted by molar-refractivity contribution is 0.215. The van der Waals surface area contributed by atoms with Gasteiger partial charge in [0.2, 0.25) is 0 Å². The molecule has 0 spiro atoms. The quantitative estimate of drug-likeness (QED) is 0.513. The van der Waals surface area contributed by atoms with Crippen LogP contribution < -0.4 is 5.73 Å². The Balaban J connectivity index is 2.17. The zero-order valence-corrected chi connectivity index (χ0v) is 9.02. The molecular weight excluding hydrogens is 169 g/mol. The first kappa shape index (κ1) is 10.4. The van der Waals surface area contributed by atoms with E-state index in [9.17, 15) is 0 Å². The zero-order chi connectivity index (χ0) is 8.97. The highest BCUT2D eigenvalue weighted by atomic mass is 31.0. The van der Waals surface area contributed by atoms with Crippen molar-refractivity contribution < 1.29 is 0 Å². The summed E-state index contributed by atoms with van der Waals surface area (Å²) < 4.78 is 2.32. The van der Waals surface area contributed by atoms with Crippen LogP contribution in [0.5, 0.6) is 0 Å². The Morgan fingerprint density at radius 3 is 2.58 bits per heavy atom. The summed E-state index contributed by atoms with van der Waals surface area (Å²) in [6, 6.07) is 0. The van der Waals surface area contributed by atoms with Gasteiger partial charge in [-0.3, -0.25) is 9.57 Å². The van der Waals surface area contributed by atoms with Gasteiger partial charge in [0.25, 0.3) is 0 Å². The van der Waals surface area contributed by atoms with Crippen molar-refractivity contribution >= 4 is 9.39 Å². The van der Waals surface area contributed by atoms with Crippen LogP contribution in [0.15, 0.2) is 0 Å². The fourth-order valence-corrected chi connectivity index (χ4v) is 1.95. The predicted molar refractivity (Wildman–Crippen MR) is 55.7 cm³/mol. The van der Waals surface area contributed by atoms with Crippen molar-refractivity contribution in [3.05, 3.63) is 0 Å². The Labute approximate surface area is 77.5 Å². The van der Waals surface area contributed by atoms with E-state index in [1.807, 2.05) is 0 Å². The maximum absolute atomic E-state index is 5.53. The molecule has 1 fully saturated rings. The van der Waals surface area contributed by atoms with Crippen LogP contribution in [0.2, 0.25) is 0 Å². The number of hydrogen-bond acceptors (Lipinski definition) is 3. The van der Waals surface area contributed by atoms with Gasteiger partial charge in [-0.05, 0) is 25.8 Å². The summed E-state index contributed by atoms with van der Waals surface area (Å²) in [4.78, 5) is 2.20. The molecule has 1 atom stereocenters. The summed E-state index contributed by atoms with van der Waals surface area (Å²) in [5.74, 6) is 0.857. The van der Waals surface area contributed by atoms with E-state index in [-0.39, 0.29) is 0 Å². The molecule has 1 aliphatic heterocycles. The molecule has 1 aliphatic rings. The largest absolute Gasteiger partial charge is 0.318 e. The third kappa shape index (κ3) is 3.36. The van der Waals surface area contributed by atoms with E-state index in [1.54, 1.807) is 0 Å². The summed E-state index contributed by atoms with van der Waals surface area (Å²) in [5.41, 5.74) is 5.53. The van der Waals surface area contributed by atoms with Gasteiger partial charge in [0, 0.05) is 26.3 Å². The minimum atomic E-state index is 0.682. The molecule has 12 heavy (non-hydrogen) atoms. The van der Waals surface area contributed by atoms with Gasteiger partial charge in [0.05, 0.1) is 0 Å². The van der Waals surface area contributed by atoms with Crippen LogP contribution in [0.3, 0.4) is 0 Å². The number of piperidine rings is 1. The average molecular weight is 189 g/mol. The van der Waals surface area contributed by atoms with Gasteiger partial charge < -0.3 is 5.73 Å². The van der Waals surface area contributed by atoms with Gasteiger partial charge in [-0.15, -0.1) is 0 Å². The normalized spacial score (nSPS) is 22.0. The fourth-order valence-electron chi connectivity index (χ4n) is 1.65. The first-order valence-corrected chi connectivity index (χ1v) is 5.12. The van der Waals surface area contributed by atoms with Crippen LogP contribution >= 0.6 is 9.39 Å². The molecule has 0 amide bonds. The monoisotopic (exact) mass is 189 g/mol. The second-order valence-corrected chi connectivity index (χ2v) is 4.43. The Bertz CT molecular complexity index is 123. The van der Waals surface area contributed by atoms with Gasteiger partial charge in [-0.25, -0.2) is 0 Å². The molecule has 1 heterocycles. The van der Waals surface area contributed by atoms with Crippen molar-refractivity contribution in [3.8, 4) is 0 Å². The molecule has 0 aliphatic carbocycles. The van der Waals surface area contributed by atoms with Crippen molar-refractivity contribution in [3.63, 3.8) is 0 Å². The topological polar surface area (TPSA) is 32.5 Å². The second kappa shape index (κ2) is 5.13. The lowest BCUT2D eigenvalue weighted by atomic mass is 9.98. The van der Waals surface area contributed by atoms with Gasteiger partial charge in [0.15, 0.2) is 0 Å². The van der Waals surface area contributed by atoms with Crippen LogP contribution in [0.4, 0.5) is 0 Å². The molecule has 1 unspecified atom stereocenters. The zero-order valence-electron chi connectivity index (χ0n) is 7.87. The summed E-state index contributed by atoms with van der Waals surface area (Å²) in [6.07, 6.45) is 2.63. The van der Waals surface area contributed by atoms with Gasteiger partial charge in [0.1, 0.15) is 0 Å². The summed E-state index contributed by atoms with van der Waals surface area (Å²) in [5, 5.41) is 0. The molecule has 0 aromatic rings. The molecule has 0 bridgehead atoms. The molecule has 72 valence electrons. The Morgan fingerprint density at radius 2 is 2.08 bits per heavy atom. The Hall–Kier alpha value is 0.310. The lowest BCUT2D eigenvalue weighted by Gasteiger charge is -2.30. The predicted octanol–water partition coefficient (Wildman–Crippen LogP) is 0.337. The molecule has 1 rings (SSSR count). The van der Waals surface area contributed by atoms with Gasteiger partial charge >= 0.3 is 0 Å². The van der Waals surface area contributed by atoms with Crippen molar-refractivity contribution in [2.45, 2.75) is 12.8 Å². The molecular formula is C8H20N3P. The lowest BCUT2D eigenvalue weighted by Crippen LogP contribution is -2.35. The number of hydrogen-bond donors (Lipinski definition) is 1. The van der Waals surface area contributed by atoms with Crippen LogP contribution in [0.25, 0.3) is 0 Å². The highest BCUT2D eigenvalue weighted by molar-refractivity contribution is 7.13. The molecule has 0 aromatic heterocycles. The SMILES string of the molecule is CN(CN)CC1CCN(P)CC1. The smallest absolute Gasteiger partial charge is 0.0452 e. The highest BCUT2D eigenvalue weighted by Gasteiger charge is 2.17.